The number of nitrogens with zero attached hydrogens (tertiary/aromatic N) is 1. The van der Waals surface area contributed by atoms with Gasteiger partial charge < -0.3 is 0 Å². The Morgan fingerprint density at radius 2 is 2.15 bits per heavy atom. The molecule has 2 fully saturated rings. The van der Waals surface area contributed by atoms with Gasteiger partial charge in [-0.1, -0.05) is 55.9 Å². The molecule has 1 nitrogen and oxygen atoms in total. The summed E-state index contributed by atoms with van der Waals surface area (Å²) < 4.78 is 0. The minimum Gasteiger partial charge on any atom is -0.257 e. The summed E-state index contributed by atoms with van der Waals surface area (Å²) in [4.78, 5) is 5.05. The Morgan fingerprint density at radius 3 is 2.85 bits per heavy atom. The molecule has 2 aliphatic carbocycles. The summed E-state index contributed by atoms with van der Waals surface area (Å²) in [6.07, 6.45) is 6.25. The van der Waals surface area contributed by atoms with Crippen molar-refractivity contribution in [3.8, 4) is 0 Å². The second kappa shape index (κ2) is 5.40. The highest BCUT2D eigenvalue weighted by molar-refractivity contribution is 7.80. The lowest BCUT2D eigenvalue weighted by atomic mass is 9.78. The minimum absolute atomic E-state index is 0.190. The van der Waals surface area contributed by atoms with E-state index in [4.69, 9.17) is 12.2 Å². The van der Waals surface area contributed by atoms with E-state index in [9.17, 15) is 0 Å². The average Bonchev–Trinajstić information content (AvgIpc) is 3.00. The zero-order valence-corrected chi connectivity index (χ0v) is 13.0. The Hall–Kier alpha value is -1.02. The molecule has 20 heavy (non-hydrogen) atoms. The first-order valence-electron chi connectivity index (χ1n) is 7.72. The lowest BCUT2D eigenvalue weighted by molar-refractivity contribution is 0.303. The van der Waals surface area contributed by atoms with E-state index < -0.39 is 0 Å². The van der Waals surface area contributed by atoms with Crippen LogP contribution in [-0.4, -0.2) is 11.7 Å². The van der Waals surface area contributed by atoms with E-state index in [-0.39, 0.29) is 5.41 Å². The van der Waals surface area contributed by atoms with Gasteiger partial charge in [-0.05, 0) is 55.7 Å². The lowest BCUT2D eigenvalue weighted by Gasteiger charge is -2.28. The van der Waals surface area contributed by atoms with Gasteiger partial charge >= 0.3 is 0 Å². The summed E-state index contributed by atoms with van der Waals surface area (Å²) in [5, 5.41) is 0. The zero-order chi connectivity index (χ0) is 14.2. The van der Waals surface area contributed by atoms with E-state index in [2.05, 4.69) is 49.0 Å². The van der Waals surface area contributed by atoms with Crippen LogP contribution in [0.1, 0.15) is 38.2 Å². The van der Waals surface area contributed by atoms with E-state index in [1.54, 1.807) is 0 Å². The van der Waals surface area contributed by atoms with Crippen LogP contribution in [0, 0.1) is 23.2 Å². The number of rotatable bonds is 3. The molecule has 0 radical (unpaired) electrons. The van der Waals surface area contributed by atoms with Crippen molar-refractivity contribution in [1.82, 2.24) is 0 Å². The van der Waals surface area contributed by atoms with Gasteiger partial charge in [-0.25, -0.2) is 0 Å². The fourth-order valence-corrected chi connectivity index (χ4v) is 5.12. The average molecular weight is 285 g/mol. The van der Waals surface area contributed by atoms with Crippen LogP contribution in [-0.2, 0) is 6.42 Å². The van der Waals surface area contributed by atoms with Crippen molar-refractivity contribution in [2.24, 2.45) is 28.2 Å². The molecule has 4 unspecified atom stereocenters. The van der Waals surface area contributed by atoms with E-state index >= 15 is 0 Å². The number of aliphatic imine (C=N–C) groups is 1. The summed E-state index contributed by atoms with van der Waals surface area (Å²) in [5.74, 6) is 2.22. The van der Waals surface area contributed by atoms with E-state index in [0.717, 1.165) is 22.7 Å². The van der Waals surface area contributed by atoms with Crippen molar-refractivity contribution in [3.05, 3.63) is 35.9 Å². The Kier molecular flexibility index (Phi) is 3.76. The molecular formula is C18H23NS. The largest absolute Gasteiger partial charge is 0.257 e. The summed E-state index contributed by atoms with van der Waals surface area (Å²) in [6.45, 7) is 6.13. The molecule has 0 saturated heterocycles. The maximum atomic E-state index is 5.58. The second-order valence-electron chi connectivity index (χ2n) is 6.63. The van der Waals surface area contributed by atoms with Crippen LogP contribution in [0.25, 0.3) is 0 Å². The highest BCUT2D eigenvalue weighted by Gasteiger charge is 2.55. The maximum absolute atomic E-state index is 5.58. The molecular weight excluding hydrogens is 262 g/mol. The molecule has 2 saturated carbocycles. The molecule has 0 aromatic heterocycles. The van der Waals surface area contributed by atoms with Crippen LogP contribution in [0.15, 0.2) is 35.3 Å². The SMILES string of the molecule is C=NC(=S)C12CCCC1C(C)C(Cc1ccccc1)C2. The van der Waals surface area contributed by atoms with Crippen LogP contribution >= 0.6 is 12.2 Å². The number of thiocarbonyl (C=S) groups is 1. The molecule has 4 atom stereocenters. The number of hydrogen-bond acceptors (Lipinski definition) is 1. The van der Waals surface area contributed by atoms with Crippen LogP contribution in [0.5, 0.6) is 0 Å². The van der Waals surface area contributed by atoms with Crippen LogP contribution in [0.2, 0.25) is 0 Å². The van der Waals surface area contributed by atoms with Gasteiger partial charge in [0, 0.05) is 5.41 Å². The third kappa shape index (κ3) is 2.14. The highest BCUT2D eigenvalue weighted by Crippen LogP contribution is 2.60. The van der Waals surface area contributed by atoms with Crippen LogP contribution in [0.3, 0.4) is 0 Å². The van der Waals surface area contributed by atoms with Gasteiger partial charge in [0.15, 0.2) is 0 Å². The molecule has 0 heterocycles. The molecule has 0 aliphatic heterocycles. The van der Waals surface area contributed by atoms with Crippen molar-refractivity contribution in [3.63, 3.8) is 0 Å². The summed E-state index contributed by atoms with van der Waals surface area (Å²) >= 11 is 5.58. The summed E-state index contributed by atoms with van der Waals surface area (Å²) in [7, 11) is 0. The molecule has 106 valence electrons. The van der Waals surface area contributed by atoms with Gasteiger partial charge in [0.1, 0.15) is 4.99 Å². The minimum atomic E-state index is 0.190. The standard InChI is InChI=1S/C18H23NS/c1-13-15(11-14-7-4-3-5-8-14)12-18(17(20)19-2)10-6-9-16(13)18/h3-5,7-8,13,15-16H,2,6,9-12H2,1H3. The predicted molar refractivity (Wildman–Crippen MR) is 89.3 cm³/mol. The van der Waals surface area contributed by atoms with Gasteiger partial charge in [0.25, 0.3) is 0 Å². The fraction of sp³-hybridized carbons (Fsp3) is 0.556. The first kappa shape index (κ1) is 13.9. The number of benzene rings is 1. The highest BCUT2D eigenvalue weighted by atomic mass is 32.1. The molecule has 2 aliphatic rings. The van der Waals surface area contributed by atoms with Gasteiger partial charge in [-0.2, -0.15) is 0 Å². The normalized spacial score (nSPS) is 35.8. The van der Waals surface area contributed by atoms with E-state index in [0.29, 0.717) is 0 Å². The van der Waals surface area contributed by atoms with Crippen molar-refractivity contribution in [2.45, 2.75) is 39.0 Å². The van der Waals surface area contributed by atoms with Crippen molar-refractivity contribution >= 4 is 23.9 Å². The first-order chi connectivity index (χ1) is 9.67. The molecule has 1 aromatic rings. The maximum Gasteiger partial charge on any atom is 0.109 e. The van der Waals surface area contributed by atoms with E-state index in [1.165, 1.54) is 37.7 Å². The molecule has 0 spiro atoms. The first-order valence-corrected chi connectivity index (χ1v) is 8.13. The third-order valence-electron chi connectivity index (χ3n) is 5.76. The summed E-state index contributed by atoms with van der Waals surface area (Å²) in [6, 6.07) is 10.9. The fourth-order valence-electron chi connectivity index (χ4n) is 4.79. The molecule has 3 rings (SSSR count). The topological polar surface area (TPSA) is 12.4 Å². The van der Waals surface area contributed by atoms with Crippen molar-refractivity contribution in [1.29, 1.82) is 0 Å². The zero-order valence-electron chi connectivity index (χ0n) is 12.2. The van der Waals surface area contributed by atoms with Crippen molar-refractivity contribution < 1.29 is 0 Å². The lowest BCUT2D eigenvalue weighted by Crippen LogP contribution is -2.29. The molecule has 0 amide bonds. The van der Waals surface area contributed by atoms with Gasteiger partial charge in [0.05, 0.1) is 0 Å². The Morgan fingerprint density at radius 1 is 1.40 bits per heavy atom. The predicted octanol–water partition coefficient (Wildman–Crippen LogP) is 4.70. The summed E-state index contributed by atoms with van der Waals surface area (Å²) in [5.41, 5.74) is 1.65. The molecule has 0 bridgehead atoms. The smallest absolute Gasteiger partial charge is 0.109 e. The van der Waals surface area contributed by atoms with Gasteiger partial charge in [-0.15, -0.1) is 0 Å². The molecule has 1 aromatic carbocycles. The number of fused-ring (bicyclic) bond motifs is 1. The Labute approximate surface area is 127 Å². The Balaban J connectivity index is 1.82. The second-order valence-corrected chi connectivity index (χ2v) is 7.02. The van der Waals surface area contributed by atoms with Crippen LogP contribution in [0.4, 0.5) is 0 Å². The number of hydrogen-bond donors (Lipinski definition) is 0. The molecule has 2 heteroatoms. The van der Waals surface area contributed by atoms with Crippen LogP contribution < -0.4 is 0 Å². The molecule has 0 N–H and O–H groups in total. The van der Waals surface area contributed by atoms with Crippen molar-refractivity contribution in [2.75, 3.05) is 0 Å². The quantitative estimate of drug-likeness (QED) is 0.579. The Bertz CT molecular complexity index is 509. The van der Waals surface area contributed by atoms with E-state index in [1.807, 2.05) is 0 Å². The van der Waals surface area contributed by atoms with Gasteiger partial charge in [-0.3, -0.25) is 4.99 Å². The third-order valence-corrected chi connectivity index (χ3v) is 6.30. The van der Waals surface area contributed by atoms with Gasteiger partial charge in [0.2, 0.25) is 0 Å². The monoisotopic (exact) mass is 285 g/mol.